The molecule has 0 spiro atoms. The van der Waals surface area contributed by atoms with E-state index in [9.17, 15) is 28.8 Å². The molecule has 0 saturated carbocycles. The number of hydrogen-bond acceptors (Lipinski definition) is 12. The minimum absolute atomic E-state index is 0.189. The first-order valence-electron chi connectivity index (χ1n) is 26.7. The zero-order valence-corrected chi connectivity index (χ0v) is 51.2. The van der Waals surface area contributed by atoms with E-state index in [4.69, 9.17) is 28.4 Å². The summed E-state index contributed by atoms with van der Waals surface area (Å²) in [5, 5.41) is 0. The SMILES string of the molecule is C=C(C)C.C=C(C)C(=O)Oc1ccc(-c2cc(C(C)(C)C)c(-c3ccc(OC=O)cc3)cc2OC(=O)C(=C)C)cc1.C=C(C)C(=O)Oc1ccc(-c2cc(OC(=O)C(=C)C)c(-c3ccc(OC)cc3)cc2C(C)C)cc1.C=C(C)C=O.C=CC. The van der Waals surface area contributed by atoms with E-state index in [0.29, 0.717) is 63.1 Å². The molecule has 0 aliphatic heterocycles. The fourth-order valence-corrected chi connectivity index (χ4v) is 7.09. The quantitative estimate of drug-likeness (QED) is 0.0280. The minimum Gasteiger partial charge on any atom is -0.497 e. The van der Waals surface area contributed by atoms with Gasteiger partial charge < -0.3 is 28.4 Å². The first kappa shape index (κ1) is 70.4. The zero-order chi connectivity index (χ0) is 63.6. The minimum atomic E-state index is -0.544. The second-order valence-electron chi connectivity index (χ2n) is 21.0. The topological polar surface area (TPSA) is 158 Å². The van der Waals surface area contributed by atoms with Gasteiger partial charge in [0.1, 0.15) is 40.8 Å². The summed E-state index contributed by atoms with van der Waals surface area (Å²) in [6.45, 7) is 49.6. The third kappa shape index (κ3) is 22.7. The van der Waals surface area contributed by atoms with Crippen LogP contribution in [0.4, 0.5) is 0 Å². The number of ether oxygens (including phenoxy) is 6. The van der Waals surface area contributed by atoms with Crippen LogP contribution in [0.3, 0.4) is 0 Å². The summed E-state index contributed by atoms with van der Waals surface area (Å²) in [4.78, 5) is 68.8. The van der Waals surface area contributed by atoms with Crippen molar-refractivity contribution in [1.82, 2.24) is 0 Å². The fourth-order valence-electron chi connectivity index (χ4n) is 7.09. The van der Waals surface area contributed by atoms with Crippen molar-refractivity contribution in [3.05, 3.63) is 218 Å². The van der Waals surface area contributed by atoms with Crippen LogP contribution >= 0.6 is 0 Å². The van der Waals surface area contributed by atoms with Gasteiger partial charge in [-0.3, -0.25) is 9.59 Å². The fraction of sp³-hybridized carbons (Fsp3) is 0.222. The Balaban J connectivity index is 0.000000481. The molecule has 0 aromatic heterocycles. The van der Waals surface area contributed by atoms with Crippen molar-refractivity contribution in [2.75, 3.05) is 7.11 Å². The largest absolute Gasteiger partial charge is 0.497 e. The van der Waals surface area contributed by atoms with Gasteiger partial charge in [0.05, 0.1) is 7.11 Å². The van der Waals surface area contributed by atoms with Crippen molar-refractivity contribution in [3.63, 3.8) is 0 Å². The highest BCUT2D eigenvalue weighted by molar-refractivity contribution is 5.93. The highest BCUT2D eigenvalue weighted by Gasteiger charge is 2.25. The van der Waals surface area contributed by atoms with Crippen LogP contribution in [0.15, 0.2) is 207 Å². The predicted molar refractivity (Wildman–Crippen MR) is 340 cm³/mol. The molecular weight excluding hydrogens is 1060 g/mol. The number of methoxy groups -OCH3 is 1. The van der Waals surface area contributed by atoms with Crippen LogP contribution < -0.4 is 28.4 Å². The molecule has 0 bridgehead atoms. The molecule has 0 heterocycles. The Bertz CT molecular complexity index is 3360. The van der Waals surface area contributed by atoms with Crippen molar-refractivity contribution in [2.45, 2.75) is 101 Å². The Kier molecular flexibility index (Phi) is 28.4. The van der Waals surface area contributed by atoms with E-state index in [1.165, 1.54) is 5.57 Å². The van der Waals surface area contributed by atoms with Gasteiger partial charge in [-0.15, -0.1) is 13.2 Å². The van der Waals surface area contributed by atoms with Gasteiger partial charge in [0.2, 0.25) is 0 Å². The summed E-state index contributed by atoms with van der Waals surface area (Å²) in [5.74, 6) is 0.925. The standard InChI is InChI=1S/C31H30O6.C30H30O5.C4H6O.C4H8.C3H6/c1-19(2)29(33)36-24-14-10-22(11-15-24)26-16-27(31(5,6)7)25(17-28(26)37-30(34)20(3)4)21-8-12-23(13-9-21)35-18-32;1-18(2)25-16-27(22-8-12-23(33-7)13-9-22)28(35-30(32)20(5)6)17-26(25)21-10-14-24(15-11-21)34-29(31)19(3)4;1-4(2)3-5;1-4(2)3;1-3-2/h8-18H,1,3H2,2,4-7H3;8-18H,3,5H2,1-2,4,6-7H3;3H,1H2,2H3;1H2,2-3H3;3H,1H2,2H3. The van der Waals surface area contributed by atoms with E-state index in [1.54, 1.807) is 96.3 Å². The Morgan fingerprint density at radius 2 is 0.762 bits per heavy atom. The summed E-state index contributed by atoms with van der Waals surface area (Å²) in [5.41, 5.74) is 11.5. The zero-order valence-electron chi connectivity index (χ0n) is 51.2. The summed E-state index contributed by atoms with van der Waals surface area (Å²) >= 11 is 0. The third-order valence-corrected chi connectivity index (χ3v) is 11.2. The van der Waals surface area contributed by atoms with Crippen molar-refractivity contribution in [3.8, 4) is 79.0 Å². The second-order valence-corrected chi connectivity index (χ2v) is 21.0. The molecule has 12 nitrogen and oxygen atoms in total. The van der Waals surface area contributed by atoms with Gasteiger partial charge in [-0.25, -0.2) is 19.2 Å². The lowest BCUT2D eigenvalue weighted by Gasteiger charge is -2.26. The van der Waals surface area contributed by atoms with Crippen LogP contribution in [0, 0.1) is 0 Å². The lowest BCUT2D eigenvalue weighted by atomic mass is 9.80. The Labute approximate surface area is 497 Å². The Morgan fingerprint density at radius 3 is 1.07 bits per heavy atom. The van der Waals surface area contributed by atoms with Crippen LogP contribution in [0.2, 0.25) is 0 Å². The van der Waals surface area contributed by atoms with E-state index < -0.39 is 23.9 Å². The van der Waals surface area contributed by atoms with Gasteiger partial charge in [0.15, 0.2) is 0 Å². The number of benzene rings is 6. The number of rotatable bonds is 17. The molecule has 0 aliphatic rings. The monoisotopic (exact) mass is 1140 g/mol. The maximum absolute atomic E-state index is 12.5. The van der Waals surface area contributed by atoms with E-state index in [0.717, 1.165) is 62.1 Å². The maximum atomic E-state index is 12.5. The summed E-state index contributed by atoms with van der Waals surface area (Å²) in [6, 6.07) is 36.6. The summed E-state index contributed by atoms with van der Waals surface area (Å²) in [7, 11) is 1.62. The average Bonchev–Trinajstić information content (AvgIpc) is 2.63. The molecule has 0 amide bonds. The highest BCUT2D eigenvalue weighted by atomic mass is 16.5. The summed E-state index contributed by atoms with van der Waals surface area (Å²) in [6.07, 6.45) is 2.47. The molecule has 0 fully saturated rings. The van der Waals surface area contributed by atoms with E-state index in [-0.39, 0.29) is 16.9 Å². The molecule has 12 heteroatoms. The van der Waals surface area contributed by atoms with Gasteiger partial charge in [0.25, 0.3) is 6.47 Å². The first-order chi connectivity index (χ1) is 39.4. The van der Waals surface area contributed by atoms with Crippen LogP contribution in [0.25, 0.3) is 44.5 Å². The molecule has 0 atom stereocenters. The molecule has 84 heavy (non-hydrogen) atoms. The Morgan fingerprint density at radius 1 is 0.464 bits per heavy atom. The highest BCUT2D eigenvalue weighted by Crippen LogP contribution is 2.44. The van der Waals surface area contributed by atoms with Crippen molar-refractivity contribution in [2.24, 2.45) is 0 Å². The Hall–Kier alpha value is -9.68. The van der Waals surface area contributed by atoms with Crippen LogP contribution in [-0.2, 0) is 34.2 Å². The number of allylic oxidation sites excluding steroid dienone is 3. The molecular formula is C72H80O12. The molecule has 0 unspecified atom stereocenters. The van der Waals surface area contributed by atoms with Gasteiger partial charge in [-0.2, -0.15) is 0 Å². The molecule has 0 radical (unpaired) electrons. The van der Waals surface area contributed by atoms with Gasteiger partial charge in [0, 0.05) is 33.4 Å². The number of carbonyl (C=O) groups excluding carboxylic acids is 6. The lowest BCUT2D eigenvalue weighted by molar-refractivity contribution is -0.130. The van der Waals surface area contributed by atoms with Crippen LogP contribution in [-0.4, -0.2) is 43.7 Å². The maximum Gasteiger partial charge on any atom is 0.338 e. The third-order valence-electron chi connectivity index (χ3n) is 11.2. The molecule has 6 rings (SSSR count). The second kappa shape index (κ2) is 33.9. The van der Waals surface area contributed by atoms with Gasteiger partial charge in [-0.05, 0) is 190 Å². The van der Waals surface area contributed by atoms with E-state index in [1.807, 2.05) is 87.5 Å². The van der Waals surface area contributed by atoms with Crippen LogP contribution in [0.5, 0.6) is 34.5 Å². The summed E-state index contributed by atoms with van der Waals surface area (Å²) < 4.78 is 32.4. The van der Waals surface area contributed by atoms with Crippen molar-refractivity contribution in [1.29, 1.82) is 0 Å². The van der Waals surface area contributed by atoms with Crippen LogP contribution in [0.1, 0.15) is 107 Å². The number of aldehydes is 1. The first-order valence-corrected chi connectivity index (χ1v) is 26.7. The molecule has 6 aromatic rings. The van der Waals surface area contributed by atoms with E-state index >= 15 is 0 Å². The molecule has 440 valence electrons. The number of esters is 4. The van der Waals surface area contributed by atoms with Gasteiger partial charge >= 0.3 is 23.9 Å². The van der Waals surface area contributed by atoms with Crippen molar-refractivity contribution >= 4 is 36.6 Å². The van der Waals surface area contributed by atoms with Gasteiger partial charge in [-0.1, -0.05) is 128 Å². The van der Waals surface area contributed by atoms with Crippen molar-refractivity contribution < 1.29 is 57.2 Å². The average molecular weight is 1140 g/mol. The smallest absolute Gasteiger partial charge is 0.338 e. The normalized spacial score (nSPS) is 10.0. The molecule has 0 aliphatic carbocycles. The predicted octanol–water partition coefficient (Wildman–Crippen LogP) is 17.5. The lowest BCUT2D eigenvalue weighted by Crippen LogP contribution is -2.15. The molecule has 0 saturated heterocycles. The molecule has 0 N–H and O–H groups in total. The number of hydrogen-bond donors (Lipinski definition) is 0. The number of carbonyl (C=O) groups is 6. The van der Waals surface area contributed by atoms with E-state index in [2.05, 4.69) is 86.7 Å². The molecule has 6 aromatic carbocycles.